The van der Waals surface area contributed by atoms with Crippen LogP contribution in [0.15, 0.2) is 29.2 Å². The number of carboxylic acid groups (broad SMARTS) is 1. The Morgan fingerprint density at radius 1 is 1.50 bits per heavy atom. The third kappa shape index (κ3) is 3.64. The van der Waals surface area contributed by atoms with Gasteiger partial charge >= 0.3 is 5.97 Å². The molecule has 0 spiro atoms. The predicted molar refractivity (Wildman–Crippen MR) is 74.4 cm³/mol. The number of carboxylic acids is 1. The van der Waals surface area contributed by atoms with Crippen molar-refractivity contribution in [2.24, 2.45) is 0 Å². The largest absolute Gasteiger partial charge is 0.480 e. The summed E-state index contributed by atoms with van der Waals surface area (Å²) >= 11 is 7.35. The van der Waals surface area contributed by atoms with Gasteiger partial charge in [-0.3, -0.25) is 10.1 Å². The molecule has 0 bridgehead atoms. The summed E-state index contributed by atoms with van der Waals surface area (Å²) in [5.41, 5.74) is -0.870. The first-order chi connectivity index (χ1) is 8.49. The summed E-state index contributed by atoms with van der Waals surface area (Å²) in [4.78, 5) is 12.4. The van der Waals surface area contributed by atoms with E-state index in [2.05, 4.69) is 5.32 Å². The lowest BCUT2D eigenvalue weighted by molar-refractivity contribution is -0.143. The zero-order valence-electron chi connectivity index (χ0n) is 10.1. The number of thioether (sulfide) groups is 1. The lowest BCUT2D eigenvalue weighted by Crippen LogP contribution is -2.52. The van der Waals surface area contributed by atoms with E-state index in [-0.39, 0.29) is 0 Å². The van der Waals surface area contributed by atoms with Crippen molar-refractivity contribution in [3.05, 3.63) is 29.3 Å². The fourth-order valence-corrected chi connectivity index (χ4v) is 2.72. The molecule has 1 saturated carbocycles. The molecule has 1 fully saturated rings. The van der Waals surface area contributed by atoms with E-state index in [1.807, 2.05) is 24.3 Å². The maximum absolute atomic E-state index is 11.4. The quantitative estimate of drug-likeness (QED) is 0.789. The van der Waals surface area contributed by atoms with Crippen LogP contribution in [-0.2, 0) is 4.79 Å². The summed E-state index contributed by atoms with van der Waals surface area (Å²) in [6.45, 7) is 1.75. The van der Waals surface area contributed by atoms with Crippen LogP contribution in [0.3, 0.4) is 0 Å². The summed E-state index contributed by atoms with van der Waals surface area (Å²) in [5.74, 6) is -0.295. The molecule has 0 aliphatic heterocycles. The Morgan fingerprint density at radius 3 is 2.61 bits per heavy atom. The standard InChI is InChI=1S/C13H16ClNO2S/c1-13(12(16)17,15-10-4-5-10)8-18-11-6-2-9(14)3-7-11/h2-3,6-7,10,15H,4-5,8H2,1H3,(H,16,17). The van der Waals surface area contributed by atoms with Gasteiger partial charge in [-0.25, -0.2) is 0 Å². The van der Waals surface area contributed by atoms with Crippen LogP contribution in [0.4, 0.5) is 0 Å². The molecule has 0 aromatic heterocycles. The first kappa shape index (κ1) is 13.7. The Hall–Kier alpha value is -0.710. The number of aliphatic carboxylic acids is 1. The van der Waals surface area contributed by atoms with Crippen molar-refractivity contribution in [2.45, 2.75) is 36.2 Å². The van der Waals surface area contributed by atoms with Crippen LogP contribution in [0.5, 0.6) is 0 Å². The highest BCUT2D eigenvalue weighted by atomic mass is 35.5. The molecule has 3 nitrogen and oxygen atoms in total. The van der Waals surface area contributed by atoms with E-state index in [0.29, 0.717) is 16.8 Å². The molecule has 1 aromatic carbocycles. The number of halogens is 1. The molecule has 2 rings (SSSR count). The van der Waals surface area contributed by atoms with Crippen molar-refractivity contribution < 1.29 is 9.90 Å². The van der Waals surface area contributed by atoms with Gasteiger partial charge in [0.15, 0.2) is 0 Å². The second kappa shape index (κ2) is 5.51. The zero-order valence-corrected chi connectivity index (χ0v) is 11.7. The Labute approximate surface area is 116 Å². The molecule has 0 saturated heterocycles. The molecule has 0 amide bonds. The average molecular weight is 286 g/mol. The van der Waals surface area contributed by atoms with Crippen LogP contribution in [0, 0.1) is 0 Å². The number of benzene rings is 1. The van der Waals surface area contributed by atoms with Gasteiger partial charge < -0.3 is 5.11 Å². The van der Waals surface area contributed by atoms with Crippen molar-refractivity contribution in [2.75, 3.05) is 5.75 Å². The van der Waals surface area contributed by atoms with E-state index in [0.717, 1.165) is 17.7 Å². The first-order valence-electron chi connectivity index (χ1n) is 5.89. The number of carbonyl (C=O) groups is 1. The molecule has 98 valence electrons. The predicted octanol–water partition coefficient (Wildman–Crippen LogP) is 3.03. The number of hydrogen-bond donors (Lipinski definition) is 2. The zero-order chi connectivity index (χ0) is 13.2. The van der Waals surface area contributed by atoms with Crippen molar-refractivity contribution in [1.82, 2.24) is 5.32 Å². The number of rotatable bonds is 6. The molecule has 5 heteroatoms. The van der Waals surface area contributed by atoms with Gasteiger partial charge in [0.1, 0.15) is 5.54 Å². The summed E-state index contributed by atoms with van der Waals surface area (Å²) in [7, 11) is 0. The third-order valence-corrected chi connectivity index (χ3v) is 4.49. The topological polar surface area (TPSA) is 49.3 Å². The van der Waals surface area contributed by atoms with Gasteiger partial charge in [0.2, 0.25) is 0 Å². The molecule has 1 aliphatic rings. The molecule has 2 N–H and O–H groups in total. The number of nitrogens with one attached hydrogen (secondary N) is 1. The maximum Gasteiger partial charge on any atom is 0.324 e. The minimum absolute atomic E-state index is 0.372. The fraction of sp³-hybridized carbons (Fsp3) is 0.462. The van der Waals surface area contributed by atoms with Crippen LogP contribution in [-0.4, -0.2) is 28.4 Å². The van der Waals surface area contributed by atoms with Crippen molar-refractivity contribution in [3.63, 3.8) is 0 Å². The van der Waals surface area contributed by atoms with E-state index in [9.17, 15) is 9.90 Å². The molecule has 1 aliphatic carbocycles. The van der Waals surface area contributed by atoms with Gasteiger partial charge in [0.25, 0.3) is 0 Å². The molecule has 18 heavy (non-hydrogen) atoms. The van der Waals surface area contributed by atoms with Gasteiger partial charge in [-0.05, 0) is 44.0 Å². The van der Waals surface area contributed by atoms with Crippen LogP contribution < -0.4 is 5.32 Å². The molecule has 1 aromatic rings. The summed E-state index contributed by atoms with van der Waals surface area (Å²) in [6, 6.07) is 7.82. The molecule has 1 atom stereocenters. The first-order valence-corrected chi connectivity index (χ1v) is 7.25. The van der Waals surface area contributed by atoms with Crippen molar-refractivity contribution in [1.29, 1.82) is 0 Å². The second-order valence-electron chi connectivity index (χ2n) is 4.80. The smallest absolute Gasteiger partial charge is 0.324 e. The maximum atomic E-state index is 11.4. The van der Waals surface area contributed by atoms with Crippen LogP contribution >= 0.6 is 23.4 Å². The van der Waals surface area contributed by atoms with E-state index in [1.165, 1.54) is 11.8 Å². The molecular weight excluding hydrogens is 270 g/mol. The Kier molecular flexibility index (Phi) is 4.20. The lowest BCUT2D eigenvalue weighted by Gasteiger charge is -2.26. The Bertz CT molecular complexity index is 433. The monoisotopic (exact) mass is 285 g/mol. The van der Waals surface area contributed by atoms with E-state index < -0.39 is 11.5 Å². The highest BCUT2D eigenvalue weighted by Crippen LogP contribution is 2.28. The Morgan fingerprint density at radius 2 is 2.11 bits per heavy atom. The minimum Gasteiger partial charge on any atom is -0.480 e. The van der Waals surface area contributed by atoms with E-state index in [4.69, 9.17) is 11.6 Å². The highest BCUT2D eigenvalue weighted by Gasteiger charge is 2.38. The van der Waals surface area contributed by atoms with Gasteiger partial charge in [-0.1, -0.05) is 11.6 Å². The van der Waals surface area contributed by atoms with Crippen molar-refractivity contribution >= 4 is 29.3 Å². The summed E-state index contributed by atoms with van der Waals surface area (Å²) in [5, 5.41) is 13.2. The van der Waals surface area contributed by atoms with Crippen LogP contribution in [0.1, 0.15) is 19.8 Å². The van der Waals surface area contributed by atoms with Crippen LogP contribution in [0.2, 0.25) is 5.02 Å². The summed E-state index contributed by atoms with van der Waals surface area (Å²) < 4.78 is 0. The van der Waals surface area contributed by atoms with E-state index in [1.54, 1.807) is 6.92 Å². The van der Waals surface area contributed by atoms with Gasteiger partial charge in [-0.2, -0.15) is 0 Å². The molecule has 0 radical (unpaired) electrons. The van der Waals surface area contributed by atoms with Gasteiger partial charge in [0.05, 0.1) is 0 Å². The van der Waals surface area contributed by atoms with Crippen LogP contribution in [0.25, 0.3) is 0 Å². The number of hydrogen-bond acceptors (Lipinski definition) is 3. The lowest BCUT2D eigenvalue weighted by atomic mass is 10.1. The molecule has 1 unspecified atom stereocenters. The van der Waals surface area contributed by atoms with Gasteiger partial charge in [0, 0.05) is 21.7 Å². The molecular formula is C13H16ClNO2S. The normalized spacial score (nSPS) is 18.3. The average Bonchev–Trinajstić information content (AvgIpc) is 3.12. The van der Waals surface area contributed by atoms with E-state index >= 15 is 0 Å². The summed E-state index contributed by atoms with van der Waals surface area (Å²) in [6.07, 6.45) is 2.16. The van der Waals surface area contributed by atoms with Gasteiger partial charge in [-0.15, -0.1) is 11.8 Å². The molecule has 0 heterocycles. The van der Waals surface area contributed by atoms with Crippen molar-refractivity contribution in [3.8, 4) is 0 Å². The fourth-order valence-electron chi connectivity index (χ4n) is 1.60. The SMILES string of the molecule is CC(CSc1ccc(Cl)cc1)(NC1CC1)C(=O)O. The highest BCUT2D eigenvalue weighted by molar-refractivity contribution is 7.99. The third-order valence-electron chi connectivity index (χ3n) is 2.91. The Balaban J connectivity index is 1.96. The minimum atomic E-state index is -0.870. The second-order valence-corrected chi connectivity index (χ2v) is 6.28.